The van der Waals surface area contributed by atoms with Gasteiger partial charge >= 0.3 is 6.03 Å². The number of aromatic nitrogens is 2. The summed E-state index contributed by atoms with van der Waals surface area (Å²) in [6.07, 6.45) is 7.57. The third kappa shape index (κ3) is 4.58. The Kier molecular flexibility index (Phi) is 5.87. The third-order valence-electron chi connectivity index (χ3n) is 4.14. The normalized spacial score (nSPS) is 21.0. The third-order valence-corrected chi connectivity index (χ3v) is 4.84. The molecular formula is C17H24N4O2S. The Labute approximate surface area is 146 Å². The van der Waals surface area contributed by atoms with Crippen LogP contribution in [-0.4, -0.2) is 46.2 Å². The first kappa shape index (κ1) is 17.0. The van der Waals surface area contributed by atoms with E-state index in [0.29, 0.717) is 19.6 Å². The molecule has 2 atom stereocenters. The van der Waals surface area contributed by atoms with Gasteiger partial charge in [0.2, 0.25) is 0 Å². The minimum atomic E-state index is -0.0213. The maximum absolute atomic E-state index is 12.4. The van der Waals surface area contributed by atoms with E-state index in [1.54, 1.807) is 17.5 Å². The summed E-state index contributed by atoms with van der Waals surface area (Å²) in [6, 6.07) is 2.08. The lowest BCUT2D eigenvalue weighted by atomic mass is 10.1. The van der Waals surface area contributed by atoms with Crippen molar-refractivity contribution >= 4 is 17.4 Å². The molecule has 0 spiro atoms. The Balaban J connectivity index is 1.40. The molecule has 0 aromatic carbocycles. The SMILES string of the molecule is C[C@@H]1CN(C(=O)NCCCCn2ccnc2)C[C@@H](c2ccsc2)O1. The molecule has 6 nitrogen and oxygen atoms in total. The van der Waals surface area contributed by atoms with Crippen molar-refractivity contribution in [2.45, 2.75) is 38.5 Å². The molecule has 1 aliphatic rings. The second-order valence-corrected chi connectivity index (χ2v) is 6.92. The van der Waals surface area contributed by atoms with Gasteiger partial charge in [-0.1, -0.05) is 0 Å². The maximum Gasteiger partial charge on any atom is 0.317 e. The van der Waals surface area contributed by atoms with Crippen LogP contribution in [0.25, 0.3) is 0 Å². The summed E-state index contributed by atoms with van der Waals surface area (Å²) in [6.45, 7) is 4.90. The summed E-state index contributed by atoms with van der Waals surface area (Å²) in [5, 5.41) is 7.16. The van der Waals surface area contributed by atoms with Crippen molar-refractivity contribution in [3.05, 3.63) is 41.1 Å². The molecule has 7 heteroatoms. The van der Waals surface area contributed by atoms with E-state index in [1.165, 1.54) is 0 Å². The predicted octanol–water partition coefficient (Wildman–Crippen LogP) is 2.90. The number of hydrogen-bond donors (Lipinski definition) is 1. The van der Waals surface area contributed by atoms with Crippen molar-refractivity contribution in [2.24, 2.45) is 0 Å². The van der Waals surface area contributed by atoms with Crippen molar-refractivity contribution in [3.8, 4) is 0 Å². The van der Waals surface area contributed by atoms with E-state index >= 15 is 0 Å². The van der Waals surface area contributed by atoms with Crippen LogP contribution in [0.1, 0.15) is 31.4 Å². The van der Waals surface area contributed by atoms with E-state index in [2.05, 4.69) is 26.3 Å². The summed E-state index contributed by atoms with van der Waals surface area (Å²) in [5.41, 5.74) is 1.16. The standard InChI is InChI=1S/C17H24N4O2S/c1-14-10-21(11-16(23-14)15-4-9-24-12-15)17(22)19-5-2-3-7-20-8-6-18-13-20/h4,6,8-9,12-14,16H,2-3,5,7,10-11H2,1H3,(H,19,22)/t14-,16+/m1/s1. The van der Waals surface area contributed by atoms with Gasteiger partial charge in [0.05, 0.1) is 19.0 Å². The fraction of sp³-hybridized carbons (Fsp3) is 0.529. The average Bonchev–Trinajstić information content (AvgIpc) is 3.27. The zero-order valence-electron chi connectivity index (χ0n) is 13.9. The van der Waals surface area contributed by atoms with E-state index in [-0.39, 0.29) is 18.2 Å². The predicted molar refractivity (Wildman–Crippen MR) is 94.0 cm³/mol. The number of rotatable bonds is 6. The Morgan fingerprint density at radius 3 is 3.12 bits per heavy atom. The first-order chi connectivity index (χ1) is 11.7. The van der Waals surface area contributed by atoms with Crippen LogP contribution < -0.4 is 5.32 Å². The number of nitrogens with zero attached hydrogens (tertiary/aromatic N) is 3. The van der Waals surface area contributed by atoms with E-state index in [0.717, 1.165) is 24.9 Å². The number of thiophene rings is 1. The molecule has 2 aromatic heterocycles. The topological polar surface area (TPSA) is 59.4 Å². The van der Waals surface area contributed by atoms with Crippen molar-refractivity contribution in [3.63, 3.8) is 0 Å². The molecule has 1 N–H and O–H groups in total. The quantitative estimate of drug-likeness (QED) is 0.817. The van der Waals surface area contributed by atoms with Crippen LogP contribution in [0.4, 0.5) is 4.79 Å². The van der Waals surface area contributed by atoms with E-state index in [4.69, 9.17) is 4.74 Å². The van der Waals surface area contributed by atoms with Gasteiger partial charge in [0.1, 0.15) is 6.10 Å². The number of hydrogen-bond acceptors (Lipinski definition) is 4. The van der Waals surface area contributed by atoms with Crippen LogP contribution in [-0.2, 0) is 11.3 Å². The monoisotopic (exact) mass is 348 g/mol. The summed E-state index contributed by atoms with van der Waals surface area (Å²) in [4.78, 5) is 18.3. The lowest BCUT2D eigenvalue weighted by molar-refractivity contribution is -0.0654. The van der Waals surface area contributed by atoms with Gasteiger partial charge in [-0.15, -0.1) is 0 Å². The number of amides is 2. The fourth-order valence-electron chi connectivity index (χ4n) is 2.91. The highest BCUT2D eigenvalue weighted by Gasteiger charge is 2.29. The highest BCUT2D eigenvalue weighted by atomic mass is 32.1. The minimum Gasteiger partial charge on any atom is -0.367 e. The highest BCUT2D eigenvalue weighted by Crippen LogP contribution is 2.26. The first-order valence-electron chi connectivity index (χ1n) is 8.38. The molecule has 0 aliphatic carbocycles. The number of unbranched alkanes of at least 4 members (excludes halogenated alkanes) is 1. The van der Waals surface area contributed by atoms with Crippen molar-refractivity contribution < 1.29 is 9.53 Å². The maximum atomic E-state index is 12.4. The lowest BCUT2D eigenvalue weighted by Gasteiger charge is -2.36. The van der Waals surface area contributed by atoms with E-state index in [1.807, 2.05) is 29.7 Å². The van der Waals surface area contributed by atoms with Crippen LogP contribution >= 0.6 is 11.3 Å². The number of carbonyl (C=O) groups is 1. The molecule has 1 fully saturated rings. The van der Waals surface area contributed by atoms with E-state index in [9.17, 15) is 4.79 Å². The molecule has 1 saturated heterocycles. The number of aryl methyl sites for hydroxylation is 1. The molecule has 0 radical (unpaired) electrons. The molecule has 0 saturated carbocycles. The Hall–Kier alpha value is -1.86. The second kappa shape index (κ2) is 8.30. The number of ether oxygens (including phenoxy) is 1. The lowest BCUT2D eigenvalue weighted by Crippen LogP contribution is -2.50. The van der Waals surface area contributed by atoms with Gasteiger partial charge in [0, 0.05) is 32.0 Å². The van der Waals surface area contributed by atoms with Gasteiger partial charge in [-0.25, -0.2) is 9.78 Å². The minimum absolute atomic E-state index is 0.00742. The van der Waals surface area contributed by atoms with Gasteiger partial charge in [0.25, 0.3) is 0 Å². The summed E-state index contributed by atoms with van der Waals surface area (Å²) in [5.74, 6) is 0. The Bertz CT molecular complexity index is 615. The number of urea groups is 1. The van der Waals surface area contributed by atoms with Crippen LogP contribution in [0, 0.1) is 0 Å². The molecular weight excluding hydrogens is 324 g/mol. The van der Waals surface area contributed by atoms with Crippen molar-refractivity contribution in [2.75, 3.05) is 19.6 Å². The van der Waals surface area contributed by atoms with Gasteiger partial charge in [-0.3, -0.25) is 0 Å². The average molecular weight is 348 g/mol. The van der Waals surface area contributed by atoms with Gasteiger partial charge in [-0.2, -0.15) is 11.3 Å². The van der Waals surface area contributed by atoms with Crippen LogP contribution in [0.2, 0.25) is 0 Å². The number of imidazole rings is 1. The molecule has 2 aromatic rings. The van der Waals surface area contributed by atoms with E-state index < -0.39 is 0 Å². The molecule has 3 heterocycles. The number of nitrogens with one attached hydrogen (secondary N) is 1. The van der Waals surface area contributed by atoms with Crippen molar-refractivity contribution in [1.82, 2.24) is 19.8 Å². The fourth-order valence-corrected chi connectivity index (χ4v) is 3.61. The zero-order chi connectivity index (χ0) is 16.8. The molecule has 1 aliphatic heterocycles. The van der Waals surface area contributed by atoms with Crippen LogP contribution in [0.3, 0.4) is 0 Å². The highest BCUT2D eigenvalue weighted by molar-refractivity contribution is 7.07. The summed E-state index contributed by atoms with van der Waals surface area (Å²) < 4.78 is 8.02. The first-order valence-corrected chi connectivity index (χ1v) is 9.32. The summed E-state index contributed by atoms with van der Waals surface area (Å²) in [7, 11) is 0. The van der Waals surface area contributed by atoms with Gasteiger partial charge in [0.15, 0.2) is 0 Å². The molecule has 0 unspecified atom stereocenters. The molecule has 130 valence electrons. The smallest absolute Gasteiger partial charge is 0.317 e. The zero-order valence-corrected chi connectivity index (χ0v) is 14.7. The number of carbonyl (C=O) groups excluding carboxylic acids is 1. The molecule has 24 heavy (non-hydrogen) atoms. The Morgan fingerprint density at radius 2 is 2.38 bits per heavy atom. The summed E-state index contributed by atoms with van der Waals surface area (Å²) >= 11 is 1.66. The molecule has 0 bridgehead atoms. The van der Waals surface area contributed by atoms with Crippen LogP contribution in [0.5, 0.6) is 0 Å². The molecule has 3 rings (SSSR count). The second-order valence-electron chi connectivity index (χ2n) is 6.14. The van der Waals surface area contributed by atoms with Gasteiger partial charge in [-0.05, 0) is 42.2 Å². The Morgan fingerprint density at radius 1 is 1.46 bits per heavy atom. The van der Waals surface area contributed by atoms with Crippen LogP contribution in [0.15, 0.2) is 35.5 Å². The van der Waals surface area contributed by atoms with Gasteiger partial charge < -0.3 is 19.5 Å². The molecule has 2 amide bonds. The van der Waals surface area contributed by atoms with Crippen molar-refractivity contribution in [1.29, 1.82) is 0 Å². The largest absolute Gasteiger partial charge is 0.367 e. The number of morpholine rings is 1.